The Morgan fingerprint density at radius 1 is 1.29 bits per heavy atom. The van der Waals surface area contributed by atoms with Crippen LogP contribution in [-0.4, -0.2) is 49.4 Å². The van der Waals surface area contributed by atoms with E-state index in [1.165, 1.54) is 6.08 Å². The van der Waals surface area contributed by atoms with Crippen molar-refractivity contribution in [3.8, 4) is 0 Å². The van der Waals surface area contributed by atoms with Crippen LogP contribution in [0.1, 0.15) is 6.42 Å². The first kappa shape index (κ1) is 16.1. The second kappa shape index (κ2) is 9.17. The summed E-state index contributed by atoms with van der Waals surface area (Å²) >= 11 is 0. The van der Waals surface area contributed by atoms with Gasteiger partial charge in [0.25, 0.3) is 0 Å². The van der Waals surface area contributed by atoms with Crippen molar-refractivity contribution in [2.45, 2.75) is 12.5 Å². The van der Waals surface area contributed by atoms with Crippen molar-refractivity contribution < 1.29 is 22.8 Å². The Kier molecular flexibility index (Phi) is 8.69. The summed E-state index contributed by atoms with van der Waals surface area (Å²) in [7, 11) is 2.16. The van der Waals surface area contributed by atoms with Crippen molar-refractivity contribution in [3.05, 3.63) is 12.7 Å². The molecule has 0 aliphatic rings. The van der Waals surface area contributed by atoms with E-state index in [2.05, 4.69) is 11.9 Å². The van der Waals surface area contributed by atoms with Crippen LogP contribution in [0.15, 0.2) is 12.7 Å². The number of hydrogen-bond acceptors (Lipinski definition) is 5. The Labute approximate surface area is 103 Å². The smallest absolute Gasteiger partial charge is 0.445 e. The molecule has 0 saturated carbocycles. The van der Waals surface area contributed by atoms with Gasteiger partial charge in [-0.15, -0.1) is 0 Å². The fraction of sp³-hybridized carbons (Fsp3) is 0.700. The van der Waals surface area contributed by atoms with E-state index in [1.54, 1.807) is 21.3 Å². The molecule has 0 aromatic carbocycles. The van der Waals surface area contributed by atoms with Crippen molar-refractivity contribution >= 4 is 14.9 Å². The van der Waals surface area contributed by atoms with Crippen LogP contribution in [0.25, 0.3) is 0 Å². The van der Waals surface area contributed by atoms with Crippen LogP contribution >= 0.6 is 0 Å². The van der Waals surface area contributed by atoms with Crippen LogP contribution in [0.5, 0.6) is 0 Å². The number of ether oxygens (including phenoxy) is 1. The first-order valence-corrected chi connectivity index (χ1v) is 7.24. The van der Waals surface area contributed by atoms with Gasteiger partial charge < -0.3 is 23.3 Å². The SMILES string of the molecule is C=CCOC(=O)NCCC[Si](OC)(OC)OC. The second-order valence-electron chi connectivity index (χ2n) is 3.21. The van der Waals surface area contributed by atoms with Crippen LogP contribution in [0.2, 0.25) is 6.04 Å². The first-order valence-electron chi connectivity index (χ1n) is 5.31. The lowest BCUT2D eigenvalue weighted by molar-refractivity contribution is 0.122. The Hall–Kier alpha value is -0.893. The standard InChI is InChI=1S/C10H21NO5Si/c1-5-8-16-10(12)11-7-6-9-17(13-2,14-3)15-4/h5H,1,6-9H2,2-4H3,(H,11,12). The molecule has 100 valence electrons. The molecule has 0 aromatic heterocycles. The minimum Gasteiger partial charge on any atom is -0.445 e. The average molecular weight is 263 g/mol. The van der Waals surface area contributed by atoms with Gasteiger partial charge in [0.2, 0.25) is 0 Å². The van der Waals surface area contributed by atoms with Gasteiger partial charge in [0.15, 0.2) is 0 Å². The number of carbonyl (C=O) groups excluding carboxylic acids is 1. The van der Waals surface area contributed by atoms with Crippen molar-refractivity contribution in [3.63, 3.8) is 0 Å². The predicted octanol–water partition coefficient (Wildman–Crippen LogP) is 1.17. The van der Waals surface area contributed by atoms with Gasteiger partial charge >= 0.3 is 14.9 Å². The van der Waals surface area contributed by atoms with E-state index in [0.717, 1.165) is 0 Å². The van der Waals surface area contributed by atoms with E-state index in [0.29, 0.717) is 19.0 Å². The van der Waals surface area contributed by atoms with E-state index < -0.39 is 14.9 Å². The molecule has 0 unspecified atom stereocenters. The number of rotatable bonds is 9. The van der Waals surface area contributed by atoms with Crippen molar-refractivity contribution in [2.75, 3.05) is 34.5 Å². The number of nitrogens with one attached hydrogen (secondary N) is 1. The summed E-state index contributed by atoms with van der Waals surface area (Å²) in [5.74, 6) is 0. The molecule has 0 aromatic rings. The summed E-state index contributed by atoms with van der Waals surface area (Å²) in [6.07, 6.45) is 1.76. The minimum absolute atomic E-state index is 0.207. The molecule has 0 fully saturated rings. The summed E-state index contributed by atoms with van der Waals surface area (Å²) in [6, 6.07) is 0.637. The van der Waals surface area contributed by atoms with Crippen LogP contribution in [-0.2, 0) is 18.0 Å². The molecule has 0 rings (SSSR count). The fourth-order valence-electron chi connectivity index (χ4n) is 1.24. The van der Waals surface area contributed by atoms with Gasteiger partial charge in [0, 0.05) is 33.9 Å². The maximum Gasteiger partial charge on any atom is 0.500 e. The molecule has 1 amide bonds. The summed E-state index contributed by atoms with van der Waals surface area (Å²) in [6.45, 7) is 4.14. The highest BCUT2D eigenvalue weighted by molar-refractivity contribution is 6.60. The van der Waals surface area contributed by atoms with Gasteiger partial charge in [-0.3, -0.25) is 0 Å². The molecule has 17 heavy (non-hydrogen) atoms. The summed E-state index contributed by atoms with van der Waals surface area (Å²) < 4.78 is 20.5. The fourth-order valence-corrected chi connectivity index (χ4v) is 2.96. The van der Waals surface area contributed by atoms with Crippen LogP contribution in [0.4, 0.5) is 4.79 Å². The third kappa shape index (κ3) is 6.42. The van der Waals surface area contributed by atoms with Crippen molar-refractivity contribution in [2.24, 2.45) is 0 Å². The molecule has 0 spiro atoms. The number of hydrogen-bond donors (Lipinski definition) is 1. The molecular weight excluding hydrogens is 242 g/mol. The lowest BCUT2D eigenvalue weighted by Crippen LogP contribution is -2.43. The van der Waals surface area contributed by atoms with Gasteiger partial charge in [-0.1, -0.05) is 12.7 Å². The van der Waals surface area contributed by atoms with E-state index in [-0.39, 0.29) is 6.61 Å². The average Bonchev–Trinajstić information content (AvgIpc) is 2.37. The Balaban J connectivity index is 3.75. The maximum absolute atomic E-state index is 11.1. The van der Waals surface area contributed by atoms with Crippen LogP contribution in [0.3, 0.4) is 0 Å². The summed E-state index contributed by atoms with van der Waals surface area (Å²) in [5.41, 5.74) is 0. The van der Waals surface area contributed by atoms with Gasteiger partial charge in [-0.05, 0) is 6.42 Å². The second-order valence-corrected chi connectivity index (χ2v) is 6.30. The van der Waals surface area contributed by atoms with E-state index >= 15 is 0 Å². The number of carbonyl (C=O) groups is 1. The molecule has 6 nitrogen and oxygen atoms in total. The lowest BCUT2D eigenvalue weighted by Gasteiger charge is -2.24. The molecule has 1 N–H and O–H groups in total. The Morgan fingerprint density at radius 3 is 2.35 bits per heavy atom. The molecule has 0 bridgehead atoms. The highest BCUT2D eigenvalue weighted by atomic mass is 28.4. The zero-order chi connectivity index (χ0) is 13.1. The summed E-state index contributed by atoms with van der Waals surface area (Å²) in [4.78, 5) is 11.1. The highest BCUT2D eigenvalue weighted by Gasteiger charge is 2.36. The minimum atomic E-state index is -2.52. The van der Waals surface area contributed by atoms with Gasteiger partial charge in [0.05, 0.1) is 0 Å². The Bertz CT molecular complexity index is 224. The van der Waals surface area contributed by atoms with Gasteiger partial charge in [-0.2, -0.15) is 0 Å². The molecule has 0 heterocycles. The predicted molar refractivity (Wildman–Crippen MR) is 65.8 cm³/mol. The zero-order valence-corrected chi connectivity index (χ0v) is 11.7. The normalized spacial score (nSPS) is 11.0. The van der Waals surface area contributed by atoms with Gasteiger partial charge in [-0.25, -0.2) is 4.79 Å². The molecule has 0 aliphatic heterocycles. The van der Waals surface area contributed by atoms with E-state index in [9.17, 15) is 4.79 Å². The maximum atomic E-state index is 11.1. The quantitative estimate of drug-likeness (QED) is 0.384. The zero-order valence-electron chi connectivity index (χ0n) is 10.7. The topological polar surface area (TPSA) is 66.0 Å². The van der Waals surface area contributed by atoms with Crippen LogP contribution in [0, 0.1) is 0 Å². The van der Waals surface area contributed by atoms with E-state index in [1.807, 2.05) is 0 Å². The van der Waals surface area contributed by atoms with Gasteiger partial charge in [0.1, 0.15) is 6.61 Å². The van der Waals surface area contributed by atoms with Crippen LogP contribution < -0.4 is 5.32 Å². The molecular formula is C10H21NO5Si. The van der Waals surface area contributed by atoms with Crippen molar-refractivity contribution in [1.82, 2.24) is 5.32 Å². The first-order chi connectivity index (χ1) is 8.14. The van der Waals surface area contributed by atoms with Crippen molar-refractivity contribution in [1.29, 1.82) is 0 Å². The largest absolute Gasteiger partial charge is 0.500 e. The Morgan fingerprint density at radius 2 is 1.88 bits per heavy atom. The monoisotopic (exact) mass is 263 g/mol. The molecule has 0 aliphatic carbocycles. The highest BCUT2D eigenvalue weighted by Crippen LogP contribution is 2.14. The third-order valence-electron chi connectivity index (χ3n) is 2.19. The lowest BCUT2D eigenvalue weighted by atomic mass is 10.5. The van der Waals surface area contributed by atoms with E-state index in [4.69, 9.17) is 18.0 Å². The number of amides is 1. The number of alkyl carbamates (subject to hydrolysis) is 1. The molecule has 0 radical (unpaired) electrons. The third-order valence-corrected chi connectivity index (χ3v) is 5.03. The molecule has 0 atom stereocenters. The molecule has 7 heteroatoms. The summed E-state index contributed by atoms with van der Waals surface area (Å²) in [5, 5.41) is 2.61. The molecule has 0 saturated heterocycles.